The van der Waals surface area contributed by atoms with Gasteiger partial charge in [-0.2, -0.15) is 0 Å². The van der Waals surface area contributed by atoms with Crippen LogP contribution in [0, 0.1) is 0 Å². The van der Waals surface area contributed by atoms with E-state index < -0.39 is 11.2 Å². The van der Waals surface area contributed by atoms with Crippen molar-refractivity contribution >= 4 is 17.4 Å². The highest BCUT2D eigenvalue weighted by molar-refractivity contribution is 5.95. The molecule has 1 unspecified atom stereocenters. The summed E-state index contributed by atoms with van der Waals surface area (Å²) in [6.07, 6.45) is 3.84. The van der Waals surface area contributed by atoms with E-state index in [1.807, 2.05) is 6.92 Å². The fourth-order valence-corrected chi connectivity index (χ4v) is 3.12. The van der Waals surface area contributed by atoms with Crippen molar-refractivity contribution < 1.29 is 14.3 Å². The molecule has 0 aromatic carbocycles. The molecule has 1 aromatic rings. The first-order valence-corrected chi connectivity index (χ1v) is 9.61. The predicted octanol–water partition coefficient (Wildman–Crippen LogP) is 0.858. The summed E-state index contributed by atoms with van der Waals surface area (Å²) in [5.74, 6) is -0.254. The number of aromatic nitrogens is 2. The number of hydrogen-bond acceptors (Lipinski definition) is 6. The standard InChI is InChI=1S/C18H30N4O5/c1-3-5-9-22-16(19)15(17(24)20-18(22)25)21(4-2)14(23)8-11-26-12-13-7-6-10-27-13/h13H,3-12,19H2,1-2H3,(H,20,24,25). The largest absolute Gasteiger partial charge is 0.383 e. The van der Waals surface area contributed by atoms with E-state index in [0.717, 1.165) is 32.3 Å². The van der Waals surface area contributed by atoms with Gasteiger partial charge in [-0.3, -0.25) is 19.1 Å². The molecule has 9 nitrogen and oxygen atoms in total. The lowest BCUT2D eigenvalue weighted by molar-refractivity contribution is -0.120. The van der Waals surface area contributed by atoms with Crippen LogP contribution in [0.5, 0.6) is 0 Å². The summed E-state index contributed by atoms with van der Waals surface area (Å²) in [6, 6.07) is 0. The molecular formula is C18H30N4O5. The highest BCUT2D eigenvalue weighted by Gasteiger charge is 2.23. The number of carbonyl (C=O) groups is 1. The second-order valence-electron chi connectivity index (χ2n) is 6.60. The van der Waals surface area contributed by atoms with Gasteiger partial charge >= 0.3 is 5.69 Å². The Balaban J connectivity index is 2.07. The zero-order valence-electron chi connectivity index (χ0n) is 16.2. The van der Waals surface area contributed by atoms with E-state index in [-0.39, 0.29) is 43.1 Å². The third-order valence-corrected chi connectivity index (χ3v) is 4.62. The average molecular weight is 382 g/mol. The van der Waals surface area contributed by atoms with Gasteiger partial charge in [0.1, 0.15) is 5.82 Å². The molecule has 0 radical (unpaired) electrons. The molecule has 1 aromatic heterocycles. The molecule has 0 bridgehead atoms. The molecule has 0 saturated carbocycles. The Morgan fingerprint density at radius 3 is 2.81 bits per heavy atom. The molecule has 2 heterocycles. The Labute approximate surface area is 158 Å². The number of hydrogen-bond donors (Lipinski definition) is 2. The van der Waals surface area contributed by atoms with Crippen molar-refractivity contribution in [1.29, 1.82) is 0 Å². The topological polar surface area (TPSA) is 120 Å². The first-order valence-electron chi connectivity index (χ1n) is 9.61. The average Bonchev–Trinajstić information content (AvgIpc) is 3.15. The first kappa shape index (κ1) is 21.2. The van der Waals surface area contributed by atoms with Gasteiger partial charge in [0, 0.05) is 19.7 Å². The summed E-state index contributed by atoms with van der Waals surface area (Å²) in [5, 5.41) is 0. The Morgan fingerprint density at radius 2 is 2.19 bits per heavy atom. The van der Waals surface area contributed by atoms with Gasteiger partial charge in [-0.1, -0.05) is 13.3 Å². The molecule has 2 rings (SSSR count). The lowest BCUT2D eigenvalue weighted by atomic mass is 10.2. The molecular weight excluding hydrogens is 352 g/mol. The molecule has 1 atom stereocenters. The molecule has 152 valence electrons. The summed E-state index contributed by atoms with van der Waals surface area (Å²) in [7, 11) is 0. The molecule has 1 fully saturated rings. The van der Waals surface area contributed by atoms with Crippen molar-refractivity contribution in [2.75, 3.05) is 37.0 Å². The van der Waals surface area contributed by atoms with Crippen LogP contribution in [-0.2, 0) is 20.8 Å². The smallest absolute Gasteiger partial charge is 0.330 e. The maximum absolute atomic E-state index is 12.6. The van der Waals surface area contributed by atoms with Crippen LogP contribution in [-0.4, -0.2) is 47.9 Å². The first-order chi connectivity index (χ1) is 13.0. The normalized spacial score (nSPS) is 16.6. The number of anilines is 2. The number of nitrogens with one attached hydrogen (secondary N) is 1. The Kier molecular flexibility index (Phi) is 8.05. The van der Waals surface area contributed by atoms with E-state index in [2.05, 4.69) is 4.98 Å². The number of nitrogens with two attached hydrogens (primary N) is 1. The van der Waals surface area contributed by atoms with Crippen molar-refractivity contribution in [2.45, 2.75) is 58.6 Å². The second kappa shape index (κ2) is 10.3. The summed E-state index contributed by atoms with van der Waals surface area (Å²) >= 11 is 0. The SMILES string of the molecule is CCCCn1c(N)c(N(CC)C(=O)CCOCC2CCCO2)c(=O)[nH]c1=O. The van der Waals surface area contributed by atoms with E-state index in [9.17, 15) is 14.4 Å². The minimum atomic E-state index is -0.652. The van der Waals surface area contributed by atoms with E-state index in [1.54, 1.807) is 6.92 Å². The number of rotatable bonds is 10. The molecule has 1 amide bonds. The lowest BCUT2D eigenvalue weighted by Gasteiger charge is -2.23. The molecule has 0 aliphatic carbocycles. The number of amides is 1. The van der Waals surface area contributed by atoms with Crippen LogP contribution in [0.15, 0.2) is 9.59 Å². The van der Waals surface area contributed by atoms with Crippen LogP contribution < -0.4 is 21.9 Å². The molecule has 9 heteroatoms. The van der Waals surface area contributed by atoms with Gasteiger partial charge in [0.2, 0.25) is 5.91 Å². The van der Waals surface area contributed by atoms with Crippen LogP contribution in [0.4, 0.5) is 11.5 Å². The summed E-state index contributed by atoms with van der Waals surface area (Å²) < 4.78 is 12.3. The number of carbonyl (C=O) groups excluding carboxylic acids is 1. The fraction of sp³-hybridized carbons (Fsp3) is 0.722. The molecule has 27 heavy (non-hydrogen) atoms. The summed E-state index contributed by atoms with van der Waals surface area (Å²) in [4.78, 5) is 40.5. The molecule has 1 saturated heterocycles. The van der Waals surface area contributed by atoms with Crippen molar-refractivity contribution in [3.05, 3.63) is 20.8 Å². The van der Waals surface area contributed by atoms with Gasteiger partial charge < -0.3 is 20.1 Å². The monoisotopic (exact) mass is 382 g/mol. The third kappa shape index (κ3) is 5.43. The van der Waals surface area contributed by atoms with Crippen LogP contribution >= 0.6 is 0 Å². The number of nitrogens with zero attached hydrogens (tertiary/aromatic N) is 2. The van der Waals surface area contributed by atoms with Gasteiger partial charge in [-0.25, -0.2) is 4.79 Å². The van der Waals surface area contributed by atoms with E-state index in [0.29, 0.717) is 13.2 Å². The molecule has 0 spiro atoms. The third-order valence-electron chi connectivity index (χ3n) is 4.62. The number of unbranched alkanes of at least 4 members (excludes halogenated alkanes) is 1. The highest BCUT2D eigenvalue weighted by Crippen LogP contribution is 2.18. The minimum Gasteiger partial charge on any atom is -0.383 e. The van der Waals surface area contributed by atoms with Crippen molar-refractivity contribution in [3.8, 4) is 0 Å². The zero-order chi connectivity index (χ0) is 19.8. The lowest BCUT2D eigenvalue weighted by Crippen LogP contribution is -2.41. The van der Waals surface area contributed by atoms with E-state index in [1.165, 1.54) is 9.47 Å². The van der Waals surface area contributed by atoms with Crippen molar-refractivity contribution in [2.24, 2.45) is 0 Å². The Bertz CT molecular complexity index is 736. The Morgan fingerprint density at radius 1 is 1.41 bits per heavy atom. The van der Waals surface area contributed by atoms with Crippen molar-refractivity contribution in [3.63, 3.8) is 0 Å². The maximum Gasteiger partial charge on any atom is 0.330 e. The molecule has 3 N–H and O–H groups in total. The number of aromatic amines is 1. The Hall–Kier alpha value is -2.13. The zero-order valence-corrected chi connectivity index (χ0v) is 16.2. The van der Waals surface area contributed by atoms with Crippen LogP contribution in [0.1, 0.15) is 46.0 Å². The van der Waals surface area contributed by atoms with Gasteiger partial charge in [0.25, 0.3) is 5.56 Å². The van der Waals surface area contributed by atoms with Gasteiger partial charge in [-0.15, -0.1) is 0 Å². The second-order valence-corrected chi connectivity index (χ2v) is 6.60. The summed E-state index contributed by atoms with van der Waals surface area (Å²) in [5.41, 5.74) is 4.89. The maximum atomic E-state index is 12.6. The van der Waals surface area contributed by atoms with Gasteiger partial charge in [-0.05, 0) is 26.2 Å². The quantitative estimate of drug-likeness (QED) is 0.579. The predicted molar refractivity (Wildman–Crippen MR) is 103 cm³/mol. The highest BCUT2D eigenvalue weighted by atomic mass is 16.5. The van der Waals surface area contributed by atoms with Crippen LogP contribution in [0.2, 0.25) is 0 Å². The van der Waals surface area contributed by atoms with Crippen LogP contribution in [0.25, 0.3) is 0 Å². The van der Waals surface area contributed by atoms with Gasteiger partial charge in [0.15, 0.2) is 5.69 Å². The van der Waals surface area contributed by atoms with Crippen molar-refractivity contribution in [1.82, 2.24) is 9.55 Å². The van der Waals surface area contributed by atoms with Crippen LogP contribution in [0.3, 0.4) is 0 Å². The fourth-order valence-electron chi connectivity index (χ4n) is 3.12. The molecule has 1 aliphatic heterocycles. The number of H-pyrrole nitrogens is 1. The van der Waals surface area contributed by atoms with E-state index in [4.69, 9.17) is 15.2 Å². The molecule has 1 aliphatic rings. The van der Waals surface area contributed by atoms with E-state index >= 15 is 0 Å². The number of nitrogen functional groups attached to an aromatic ring is 1. The van der Waals surface area contributed by atoms with Gasteiger partial charge in [0.05, 0.1) is 25.7 Å². The minimum absolute atomic E-state index is 0.0210. The summed E-state index contributed by atoms with van der Waals surface area (Å²) in [6.45, 7) is 5.86. The number of ether oxygens (including phenoxy) is 2.